The lowest BCUT2D eigenvalue weighted by Gasteiger charge is -2.10. The van der Waals surface area contributed by atoms with Crippen molar-refractivity contribution in [3.05, 3.63) is 28.3 Å². The van der Waals surface area contributed by atoms with Crippen LogP contribution in [0.2, 0.25) is 0 Å². The van der Waals surface area contributed by atoms with Crippen LogP contribution in [0, 0.1) is 13.8 Å². The molecule has 2 rings (SSSR count). The number of nitrogens with two attached hydrogens (primary N) is 1. The summed E-state index contributed by atoms with van der Waals surface area (Å²) in [5.74, 6) is 0. The van der Waals surface area contributed by atoms with Gasteiger partial charge in [0.15, 0.2) is 0 Å². The minimum absolute atomic E-state index is 0.966. The average molecular weight is 161 g/mol. The second kappa shape index (κ2) is 2.51. The van der Waals surface area contributed by atoms with Gasteiger partial charge >= 0.3 is 0 Å². The number of hydrogen-bond acceptors (Lipinski definition) is 1. The molecule has 0 unspecified atom stereocenters. The normalized spacial score (nSPS) is 14.8. The number of nitrogen functional groups attached to an aromatic ring is 1. The molecular formula is C11H15N. The van der Waals surface area contributed by atoms with E-state index in [-0.39, 0.29) is 0 Å². The van der Waals surface area contributed by atoms with E-state index in [2.05, 4.69) is 19.9 Å². The number of benzene rings is 1. The molecule has 0 saturated carbocycles. The zero-order valence-corrected chi connectivity index (χ0v) is 7.78. The van der Waals surface area contributed by atoms with Crippen LogP contribution in [0.4, 0.5) is 5.69 Å². The molecule has 0 aliphatic heterocycles. The molecule has 0 saturated heterocycles. The Labute approximate surface area is 73.6 Å². The lowest BCUT2D eigenvalue weighted by Crippen LogP contribution is -1.97. The van der Waals surface area contributed by atoms with Crippen molar-refractivity contribution in [2.45, 2.75) is 33.1 Å². The van der Waals surface area contributed by atoms with Crippen LogP contribution in [0.1, 0.15) is 28.7 Å². The maximum atomic E-state index is 5.89. The first kappa shape index (κ1) is 7.66. The van der Waals surface area contributed by atoms with E-state index in [0.717, 1.165) is 5.69 Å². The summed E-state index contributed by atoms with van der Waals surface area (Å²) in [5, 5.41) is 0. The van der Waals surface area contributed by atoms with E-state index in [1.807, 2.05) is 0 Å². The van der Waals surface area contributed by atoms with Crippen molar-refractivity contribution >= 4 is 5.69 Å². The Kier molecular flexibility index (Phi) is 1.60. The Morgan fingerprint density at radius 2 is 1.83 bits per heavy atom. The van der Waals surface area contributed by atoms with Crippen LogP contribution >= 0.6 is 0 Å². The molecule has 12 heavy (non-hydrogen) atoms. The van der Waals surface area contributed by atoms with Crippen LogP contribution in [-0.4, -0.2) is 0 Å². The van der Waals surface area contributed by atoms with Crippen LogP contribution in [0.5, 0.6) is 0 Å². The summed E-state index contributed by atoms with van der Waals surface area (Å²) in [4.78, 5) is 0. The molecule has 0 amide bonds. The molecule has 1 nitrogen and oxygen atoms in total. The fraction of sp³-hybridized carbons (Fsp3) is 0.455. The molecule has 0 spiro atoms. The molecule has 1 aromatic rings. The molecule has 0 fully saturated rings. The SMILES string of the molecule is Cc1cc(N)c(C)c2c1CCC2. The highest BCUT2D eigenvalue weighted by molar-refractivity contribution is 5.57. The third-order valence-corrected chi connectivity index (χ3v) is 2.95. The summed E-state index contributed by atoms with van der Waals surface area (Å²) in [5.41, 5.74) is 12.6. The molecule has 1 aromatic carbocycles. The Morgan fingerprint density at radius 1 is 1.17 bits per heavy atom. The zero-order chi connectivity index (χ0) is 8.72. The number of anilines is 1. The largest absolute Gasteiger partial charge is 0.398 e. The van der Waals surface area contributed by atoms with Gasteiger partial charge in [0.2, 0.25) is 0 Å². The molecule has 0 bridgehead atoms. The van der Waals surface area contributed by atoms with Gasteiger partial charge in [0.25, 0.3) is 0 Å². The molecule has 0 radical (unpaired) electrons. The predicted molar refractivity (Wildman–Crippen MR) is 52.4 cm³/mol. The van der Waals surface area contributed by atoms with Crippen molar-refractivity contribution in [1.29, 1.82) is 0 Å². The molecule has 1 aliphatic carbocycles. The number of rotatable bonds is 0. The summed E-state index contributed by atoms with van der Waals surface area (Å²) < 4.78 is 0. The molecule has 2 N–H and O–H groups in total. The first-order valence-electron chi connectivity index (χ1n) is 4.57. The van der Waals surface area contributed by atoms with Gasteiger partial charge < -0.3 is 5.73 Å². The first-order chi connectivity index (χ1) is 5.70. The van der Waals surface area contributed by atoms with E-state index in [9.17, 15) is 0 Å². The molecule has 0 heterocycles. The number of fused-ring (bicyclic) bond motifs is 1. The molecule has 64 valence electrons. The van der Waals surface area contributed by atoms with Crippen LogP contribution in [-0.2, 0) is 12.8 Å². The van der Waals surface area contributed by atoms with Gasteiger partial charge in [0.05, 0.1) is 0 Å². The topological polar surface area (TPSA) is 26.0 Å². The van der Waals surface area contributed by atoms with Crippen LogP contribution in [0.15, 0.2) is 6.07 Å². The van der Waals surface area contributed by atoms with Gasteiger partial charge in [-0.3, -0.25) is 0 Å². The maximum Gasteiger partial charge on any atom is 0.0349 e. The summed E-state index contributed by atoms with van der Waals surface area (Å²) in [7, 11) is 0. The van der Waals surface area contributed by atoms with Crippen molar-refractivity contribution in [2.24, 2.45) is 0 Å². The Morgan fingerprint density at radius 3 is 2.58 bits per heavy atom. The van der Waals surface area contributed by atoms with Crippen molar-refractivity contribution < 1.29 is 0 Å². The van der Waals surface area contributed by atoms with E-state index in [1.165, 1.54) is 36.0 Å². The highest BCUT2D eigenvalue weighted by atomic mass is 14.6. The minimum Gasteiger partial charge on any atom is -0.398 e. The molecule has 1 aliphatic rings. The van der Waals surface area contributed by atoms with Gasteiger partial charge in [-0.25, -0.2) is 0 Å². The summed E-state index contributed by atoms with van der Waals surface area (Å²) in [6, 6.07) is 2.11. The third-order valence-electron chi connectivity index (χ3n) is 2.95. The van der Waals surface area contributed by atoms with Crippen molar-refractivity contribution in [2.75, 3.05) is 5.73 Å². The van der Waals surface area contributed by atoms with Gasteiger partial charge in [-0.2, -0.15) is 0 Å². The van der Waals surface area contributed by atoms with Crippen LogP contribution in [0.3, 0.4) is 0 Å². The highest BCUT2D eigenvalue weighted by Gasteiger charge is 2.16. The minimum atomic E-state index is 0.966. The lowest BCUT2D eigenvalue weighted by atomic mass is 9.98. The smallest absolute Gasteiger partial charge is 0.0349 e. The standard InChI is InChI=1S/C11H15N/c1-7-6-11(12)8(2)10-5-3-4-9(7)10/h6H,3-5,12H2,1-2H3. The quantitative estimate of drug-likeness (QED) is 0.581. The van der Waals surface area contributed by atoms with Gasteiger partial charge in [-0.05, 0) is 61.4 Å². The van der Waals surface area contributed by atoms with E-state index in [0.29, 0.717) is 0 Å². The molecule has 0 atom stereocenters. The lowest BCUT2D eigenvalue weighted by molar-refractivity contribution is 0.907. The van der Waals surface area contributed by atoms with Gasteiger partial charge in [0, 0.05) is 5.69 Å². The molecule has 1 heteroatoms. The number of hydrogen-bond donors (Lipinski definition) is 1. The van der Waals surface area contributed by atoms with Gasteiger partial charge in [-0.15, -0.1) is 0 Å². The van der Waals surface area contributed by atoms with E-state index in [1.54, 1.807) is 5.56 Å². The van der Waals surface area contributed by atoms with E-state index >= 15 is 0 Å². The predicted octanol–water partition coefficient (Wildman–Crippen LogP) is 2.37. The van der Waals surface area contributed by atoms with Crippen molar-refractivity contribution in [3.8, 4) is 0 Å². The third kappa shape index (κ3) is 0.927. The fourth-order valence-electron chi connectivity index (χ4n) is 2.20. The molecular weight excluding hydrogens is 146 g/mol. The summed E-state index contributed by atoms with van der Waals surface area (Å²) >= 11 is 0. The second-order valence-electron chi connectivity index (χ2n) is 3.72. The Hall–Kier alpha value is -0.980. The fourth-order valence-corrected chi connectivity index (χ4v) is 2.20. The first-order valence-corrected chi connectivity index (χ1v) is 4.57. The Balaban J connectivity index is 2.69. The van der Waals surface area contributed by atoms with Crippen LogP contribution < -0.4 is 5.73 Å². The van der Waals surface area contributed by atoms with E-state index < -0.39 is 0 Å². The monoisotopic (exact) mass is 161 g/mol. The summed E-state index contributed by atoms with van der Waals surface area (Å²) in [6.45, 7) is 4.30. The average Bonchev–Trinajstić information content (AvgIpc) is 2.48. The van der Waals surface area contributed by atoms with Crippen LogP contribution in [0.25, 0.3) is 0 Å². The zero-order valence-electron chi connectivity index (χ0n) is 7.78. The molecule has 0 aromatic heterocycles. The Bertz CT molecular complexity index is 326. The van der Waals surface area contributed by atoms with Gasteiger partial charge in [-0.1, -0.05) is 0 Å². The number of aryl methyl sites for hydroxylation is 1. The van der Waals surface area contributed by atoms with E-state index in [4.69, 9.17) is 5.73 Å². The maximum absolute atomic E-state index is 5.89. The van der Waals surface area contributed by atoms with Crippen molar-refractivity contribution in [1.82, 2.24) is 0 Å². The highest BCUT2D eigenvalue weighted by Crippen LogP contribution is 2.31. The van der Waals surface area contributed by atoms with Gasteiger partial charge in [0.1, 0.15) is 0 Å². The second-order valence-corrected chi connectivity index (χ2v) is 3.72. The summed E-state index contributed by atoms with van der Waals surface area (Å²) in [6.07, 6.45) is 3.79. The van der Waals surface area contributed by atoms with Crippen molar-refractivity contribution in [3.63, 3.8) is 0 Å².